The lowest BCUT2D eigenvalue weighted by molar-refractivity contribution is -0.136. The van der Waals surface area contributed by atoms with Gasteiger partial charge in [-0.25, -0.2) is 4.39 Å². The highest BCUT2D eigenvalue weighted by Crippen LogP contribution is 2.35. The predicted octanol–water partition coefficient (Wildman–Crippen LogP) is 0.973. The third kappa shape index (κ3) is 2.76. The van der Waals surface area contributed by atoms with E-state index in [2.05, 4.69) is 15.3 Å². The van der Waals surface area contributed by atoms with Crippen LogP contribution < -0.4 is 10.2 Å². The number of amides is 4. The first-order valence-electron chi connectivity index (χ1n) is 8.71. The van der Waals surface area contributed by atoms with Crippen molar-refractivity contribution < 1.29 is 23.6 Å². The van der Waals surface area contributed by atoms with Gasteiger partial charge in [-0.05, 0) is 30.0 Å². The maximum absolute atomic E-state index is 14.6. The lowest BCUT2D eigenvalue weighted by atomic mass is 9.98. The van der Waals surface area contributed by atoms with E-state index in [0.29, 0.717) is 19.6 Å². The normalized spacial score (nSPS) is 22.0. The molecule has 1 N–H and O–H groups in total. The summed E-state index contributed by atoms with van der Waals surface area (Å²) in [5.74, 6) is -3.14. The van der Waals surface area contributed by atoms with E-state index >= 15 is 0 Å². The van der Waals surface area contributed by atoms with E-state index in [9.17, 15) is 23.6 Å². The lowest BCUT2D eigenvalue weighted by Gasteiger charge is -2.40. The number of carbonyl (C=O) groups is 4. The highest BCUT2D eigenvalue weighted by Gasteiger charge is 2.45. The SMILES string of the molecule is [N-]=[N+]=NCC1CN(c2cc3c(cc2F)C(=O)N(C2CCC(=O)NC2=O)C3=O)C1. The summed E-state index contributed by atoms with van der Waals surface area (Å²) >= 11 is 0. The first kappa shape index (κ1) is 17.9. The molecule has 0 spiro atoms. The number of nitrogens with one attached hydrogen (secondary N) is 1. The molecule has 0 radical (unpaired) electrons. The first-order valence-corrected chi connectivity index (χ1v) is 8.71. The molecule has 1 atom stereocenters. The maximum atomic E-state index is 14.6. The summed E-state index contributed by atoms with van der Waals surface area (Å²) in [5, 5.41) is 5.61. The first-order chi connectivity index (χ1) is 13.4. The standard InChI is InChI=1S/C17H15FN6O4/c18-11-3-9-10(4-13(11)23-6-8(7-23)5-20-22-19)17(28)24(16(9)27)12-1-2-14(25)21-15(12)26/h3-4,8,12H,1-2,5-7H2,(H,21,25,26). The van der Waals surface area contributed by atoms with Crippen LogP contribution >= 0.6 is 0 Å². The van der Waals surface area contributed by atoms with Crippen molar-refractivity contribution in [1.29, 1.82) is 0 Å². The second-order valence-corrected chi connectivity index (χ2v) is 6.98. The number of carbonyl (C=O) groups excluding carboxylic acids is 4. The largest absolute Gasteiger partial charge is 0.368 e. The molecule has 28 heavy (non-hydrogen) atoms. The lowest BCUT2D eigenvalue weighted by Crippen LogP contribution is -2.54. The zero-order valence-electron chi connectivity index (χ0n) is 14.6. The molecule has 1 aromatic carbocycles. The number of nitrogens with zero attached hydrogens (tertiary/aromatic N) is 5. The van der Waals surface area contributed by atoms with Crippen LogP contribution in [0.15, 0.2) is 17.2 Å². The summed E-state index contributed by atoms with van der Waals surface area (Å²) in [6.45, 7) is 1.24. The van der Waals surface area contributed by atoms with Gasteiger partial charge in [0.25, 0.3) is 11.8 Å². The van der Waals surface area contributed by atoms with Crippen molar-refractivity contribution in [2.45, 2.75) is 18.9 Å². The van der Waals surface area contributed by atoms with Crippen LogP contribution in [0.25, 0.3) is 10.4 Å². The molecule has 0 aromatic heterocycles. The third-order valence-electron chi connectivity index (χ3n) is 5.21. The fourth-order valence-electron chi connectivity index (χ4n) is 3.76. The Balaban J connectivity index is 1.58. The third-order valence-corrected chi connectivity index (χ3v) is 5.21. The van der Waals surface area contributed by atoms with Crippen LogP contribution in [0, 0.1) is 11.7 Å². The van der Waals surface area contributed by atoms with Gasteiger partial charge in [0.05, 0.1) is 16.8 Å². The van der Waals surface area contributed by atoms with Crippen LogP contribution in [0.1, 0.15) is 33.6 Å². The molecule has 2 fully saturated rings. The van der Waals surface area contributed by atoms with Gasteiger partial charge in [-0.1, -0.05) is 5.11 Å². The number of imide groups is 2. The van der Waals surface area contributed by atoms with E-state index in [1.165, 1.54) is 6.07 Å². The molecule has 0 saturated carbocycles. The van der Waals surface area contributed by atoms with E-state index < -0.39 is 35.5 Å². The number of hydrogen-bond donors (Lipinski definition) is 1. The Hall–Kier alpha value is -3.46. The summed E-state index contributed by atoms with van der Waals surface area (Å²) in [7, 11) is 0. The van der Waals surface area contributed by atoms with Crippen molar-refractivity contribution in [1.82, 2.24) is 10.2 Å². The number of halogens is 1. The van der Waals surface area contributed by atoms with Gasteiger partial charge in [-0.15, -0.1) is 0 Å². The molecule has 3 heterocycles. The minimum Gasteiger partial charge on any atom is -0.368 e. The summed E-state index contributed by atoms with van der Waals surface area (Å²) in [5.41, 5.74) is 8.47. The Kier molecular flexibility index (Phi) is 4.23. The number of anilines is 1. The average molecular weight is 386 g/mol. The maximum Gasteiger partial charge on any atom is 0.262 e. The van der Waals surface area contributed by atoms with Crippen molar-refractivity contribution in [2.24, 2.45) is 11.0 Å². The van der Waals surface area contributed by atoms with Gasteiger partial charge < -0.3 is 4.90 Å². The molecule has 1 aromatic rings. The van der Waals surface area contributed by atoms with Crippen LogP contribution in [-0.2, 0) is 9.59 Å². The Morgan fingerprint density at radius 1 is 1.18 bits per heavy atom. The zero-order chi connectivity index (χ0) is 20.0. The van der Waals surface area contributed by atoms with E-state index in [-0.39, 0.29) is 35.6 Å². The van der Waals surface area contributed by atoms with Crippen LogP contribution in [-0.4, -0.2) is 54.2 Å². The summed E-state index contributed by atoms with van der Waals surface area (Å²) in [4.78, 5) is 54.0. The monoisotopic (exact) mass is 386 g/mol. The van der Waals surface area contributed by atoms with E-state index in [1.807, 2.05) is 0 Å². The number of benzene rings is 1. The van der Waals surface area contributed by atoms with Crippen LogP contribution in [0.3, 0.4) is 0 Å². The molecular formula is C17H15FN6O4. The highest BCUT2D eigenvalue weighted by atomic mass is 19.1. The number of fused-ring (bicyclic) bond motifs is 1. The second-order valence-electron chi connectivity index (χ2n) is 6.98. The van der Waals surface area contributed by atoms with Crippen molar-refractivity contribution in [3.63, 3.8) is 0 Å². The summed E-state index contributed by atoms with van der Waals surface area (Å²) in [6, 6.07) is 1.24. The molecule has 2 saturated heterocycles. The number of hydrogen-bond acceptors (Lipinski definition) is 6. The van der Waals surface area contributed by atoms with Crippen molar-refractivity contribution >= 4 is 29.3 Å². The number of piperidine rings is 1. The Bertz CT molecular complexity index is 967. The average Bonchev–Trinajstić information content (AvgIpc) is 2.85. The van der Waals surface area contributed by atoms with Gasteiger partial charge in [0.1, 0.15) is 11.9 Å². The molecule has 4 amide bonds. The zero-order valence-corrected chi connectivity index (χ0v) is 14.6. The molecule has 144 valence electrons. The van der Waals surface area contributed by atoms with E-state index in [4.69, 9.17) is 5.53 Å². The van der Waals surface area contributed by atoms with Crippen molar-refractivity contribution in [3.8, 4) is 0 Å². The molecule has 0 bridgehead atoms. The molecular weight excluding hydrogens is 371 g/mol. The molecule has 3 aliphatic heterocycles. The quantitative estimate of drug-likeness (QED) is 0.356. The van der Waals surface area contributed by atoms with Crippen LogP contribution in [0.5, 0.6) is 0 Å². The Labute approximate surface area is 157 Å². The minimum atomic E-state index is -1.09. The molecule has 4 rings (SSSR count). The van der Waals surface area contributed by atoms with Gasteiger partial charge in [0.15, 0.2) is 0 Å². The fourth-order valence-corrected chi connectivity index (χ4v) is 3.76. The van der Waals surface area contributed by atoms with Gasteiger partial charge in [-0.2, -0.15) is 0 Å². The molecule has 1 unspecified atom stereocenters. The fraction of sp³-hybridized carbons (Fsp3) is 0.412. The summed E-state index contributed by atoms with van der Waals surface area (Å²) in [6.07, 6.45) is 0.0580. The topological polar surface area (TPSA) is 136 Å². The van der Waals surface area contributed by atoms with Gasteiger partial charge in [0, 0.05) is 31.0 Å². The van der Waals surface area contributed by atoms with Crippen LogP contribution in [0.4, 0.5) is 10.1 Å². The van der Waals surface area contributed by atoms with Crippen molar-refractivity contribution in [3.05, 3.63) is 39.5 Å². The summed E-state index contributed by atoms with van der Waals surface area (Å²) < 4.78 is 14.6. The Morgan fingerprint density at radius 3 is 2.50 bits per heavy atom. The van der Waals surface area contributed by atoms with E-state index in [1.54, 1.807) is 4.90 Å². The van der Waals surface area contributed by atoms with Gasteiger partial charge >= 0.3 is 0 Å². The molecule has 10 nitrogen and oxygen atoms in total. The minimum absolute atomic E-state index is 0.0176. The molecule has 3 aliphatic rings. The molecule has 11 heteroatoms. The molecule has 0 aliphatic carbocycles. The Morgan fingerprint density at radius 2 is 1.86 bits per heavy atom. The predicted molar refractivity (Wildman–Crippen MR) is 92.8 cm³/mol. The number of rotatable bonds is 4. The van der Waals surface area contributed by atoms with Gasteiger partial charge in [-0.3, -0.25) is 29.4 Å². The highest BCUT2D eigenvalue weighted by molar-refractivity contribution is 6.23. The second kappa shape index (κ2) is 6.61. The van der Waals surface area contributed by atoms with E-state index in [0.717, 1.165) is 11.0 Å². The smallest absolute Gasteiger partial charge is 0.262 e. The van der Waals surface area contributed by atoms with Crippen LogP contribution in [0.2, 0.25) is 0 Å². The number of azide groups is 1. The van der Waals surface area contributed by atoms with Gasteiger partial charge in [0.2, 0.25) is 11.8 Å². The van der Waals surface area contributed by atoms with Crippen molar-refractivity contribution in [2.75, 3.05) is 24.5 Å².